The van der Waals surface area contributed by atoms with Gasteiger partial charge in [-0.3, -0.25) is 4.79 Å². The summed E-state index contributed by atoms with van der Waals surface area (Å²) < 4.78 is 0. The number of rotatable bonds is 4. The third-order valence-electron chi connectivity index (χ3n) is 2.23. The number of aromatic nitrogens is 1. The number of anilines is 1. The van der Waals surface area contributed by atoms with Crippen LogP contribution in [-0.4, -0.2) is 40.1 Å². The fourth-order valence-electron chi connectivity index (χ4n) is 1.45. The first-order chi connectivity index (χ1) is 7.47. The van der Waals surface area contributed by atoms with Crippen LogP contribution in [0.4, 0.5) is 5.13 Å². The zero-order valence-corrected chi connectivity index (χ0v) is 10.5. The monoisotopic (exact) mass is 243 g/mol. The number of carbonyl (C=O) groups is 1. The van der Waals surface area contributed by atoms with Crippen molar-refractivity contribution in [3.05, 3.63) is 10.6 Å². The Bertz CT molecular complexity index is 376. The maximum absolute atomic E-state index is 12.1. The van der Waals surface area contributed by atoms with E-state index in [9.17, 15) is 4.79 Å². The van der Waals surface area contributed by atoms with Crippen molar-refractivity contribution in [1.29, 1.82) is 0 Å². The molecular formula is C10H17N3O2S. The highest BCUT2D eigenvalue weighted by atomic mass is 32.1. The molecule has 0 aliphatic carbocycles. The zero-order chi connectivity index (χ0) is 12.3. The molecule has 0 unspecified atom stereocenters. The SMILES string of the molecule is Cc1nc(N)sc1C(=O)N(CCO)C(C)C. The molecule has 0 saturated carbocycles. The Labute approximate surface area is 98.9 Å². The van der Waals surface area contributed by atoms with Crippen LogP contribution in [0.5, 0.6) is 0 Å². The zero-order valence-electron chi connectivity index (χ0n) is 9.73. The molecule has 6 heteroatoms. The summed E-state index contributed by atoms with van der Waals surface area (Å²) in [7, 11) is 0. The number of hydrogen-bond acceptors (Lipinski definition) is 5. The smallest absolute Gasteiger partial charge is 0.266 e. The first kappa shape index (κ1) is 12.9. The van der Waals surface area contributed by atoms with Crippen LogP contribution in [0.3, 0.4) is 0 Å². The van der Waals surface area contributed by atoms with Gasteiger partial charge in [-0.05, 0) is 20.8 Å². The summed E-state index contributed by atoms with van der Waals surface area (Å²) in [5, 5.41) is 9.32. The lowest BCUT2D eigenvalue weighted by Gasteiger charge is -2.25. The topological polar surface area (TPSA) is 79.5 Å². The van der Waals surface area contributed by atoms with Crippen LogP contribution in [0.15, 0.2) is 0 Å². The molecule has 0 aliphatic rings. The summed E-state index contributed by atoms with van der Waals surface area (Å²) in [5.41, 5.74) is 6.20. The highest BCUT2D eigenvalue weighted by molar-refractivity contribution is 7.17. The summed E-state index contributed by atoms with van der Waals surface area (Å²) in [5.74, 6) is -0.115. The minimum Gasteiger partial charge on any atom is -0.395 e. The standard InChI is InChI=1S/C10H17N3O2S/c1-6(2)13(4-5-14)9(15)8-7(3)12-10(11)16-8/h6,14H,4-5H2,1-3H3,(H2,11,12). The average molecular weight is 243 g/mol. The second kappa shape index (κ2) is 5.27. The molecule has 16 heavy (non-hydrogen) atoms. The van der Waals surface area contributed by atoms with E-state index in [-0.39, 0.29) is 18.6 Å². The Morgan fingerprint density at radius 3 is 2.62 bits per heavy atom. The van der Waals surface area contributed by atoms with Gasteiger partial charge in [0.05, 0.1) is 12.3 Å². The van der Waals surface area contributed by atoms with E-state index in [4.69, 9.17) is 10.8 Å². The van der Waals surface area contributed by atoms with Gasteiger partial charge in [0.1, 0.15) is 4.88 Å². The van der Waals surface area contributed by atoms with Crippen LogP contribution in [0, 0.1) is 6.92 Å². The molecule has 0 aliphatic heterocycles. The summed E-state index contributed by atoms with van der Waals surface area (Å²) in [6.45, 7) is 5.86. The largest absolute Gasteiger partial charge is 0.395 e. The molecule has 1 heterocycles. The van der Waals surface area contributed by atoms with Crippen molar-refractivity contribution in [2.45, 2.75) is 26.8 Å². The average Bonchev–Trinajstić information content (AvgIpc) is 2.53. The number of aryl methyl sites for hydroxylation is 1. The number of thiazole rings is 1. The van der Waals surface area contributed by atoms with Crippen molar-refractivity contribution in [2.24, 2.45) is 0 Å². The number of aliphatic hydroxyl groups excluding tert-OH is 1. The molecular weight excluding hydrogens is 226 g/mol. The second-order valence-corrected chi connectivity index (χ2v) is 4.81. The van der Waals surface area contributed by atoms with Crippen molar-refractivity contribution in [3.8, 4) is 0 Å². The summed E-state index contributed by atoms with van der Waals surface area (Å²) in [6.07, 6.45) is 0. The number of nitrogens with two attached hydrogens (primary N) is 1. The van der Waals surface area contributed by atoms with Gasteiger partial charge in [-0.1, -0.05) is 11.3 Å². The van der Waals surface area contributed by atoms with Crippen LogP contribution < -0.4 is 5.73 Å². The molecule has 3 N–H and O–H groups in total. The fourth-order valence-corrected chi connectivity index (χ4v) is 2.24. The fraction of sp³-hybridized carbons (Fsp3) is 0.600. The van der Waals surface area contributed by atoms with Gasteiger partial charge >= 0.3 is 0 Å². The predicted octanol–water partition coefficient (Wildman–Crippen LogP) is 0.877. The van der Waals surface area contributed by atoms with E-state index in [1.54, 1.807) is 11.8 Å². The molecule has 1 amide bonds. The summed E-state index contributed by atoms with van der Waals surface area (Å²) in [6, 6.07) is 0.0439. The molecule has 1 aromatic rings. The maximum Gasteiger partial charge on any atom is 0.266 e. The third-order valence-corrected chi connectivity index (χ3v) is 3.21. The molecule has 0 spiro atoms. The molecule has 1 rings (SSSR count). The Balaban J connectivity index is 2.94. The molecule has 0 atom stereocenters. The number of aliphatic hydroxyl groups is 1. The van der Waals surface area contributed by atoms with Crippen LogP contribution in [0.2, 0.25) is 0 Å². The van der Waals surface area contributed by atoms with Gasteiger partial charge in [0.25, 0.3) is 5.91 Å². The highest BCUT2D eigenvalue weighted by Crippen LogP contribution is 2.22. The first-order valence-corrected chi connectivity index (χ1v) is 5.93. The van der Waals surface area contributed by atoms with Gasteiger partial charge in [0, 0.05) is 12.6 Å². The van der Waals surface area contributed by atoms with Gasteiger partial charge in [-0.2, -0.15) is 0 Å². The quantitative estimate of drug-likeness (QED) is 0.822. The van der Waals surface area contributed by atoms with Gasteiger partial charge in [-0.15, -0.1) is 0 Å². The van der Waals surface area contributed by atoms with E-state index in [0.717, 1.165) is 0 Å². The molecule has 5 nitrogen and oxygen atoms in total. The van der Waals surface area contributed by atoms with E-state index in [1.807, 2.05) is 13.8 Å². The summed E-state index contributed by atoms with van der Waals surface area (Å²) >= 11 is 1.19. The Morgan fingerprint density at radius 1 is 1.62 bits per heavy atom. The Kier molecular flexibility index (Phi) is 4.26. The van der Waals surface area contributed by atoms with Gasteiger partial charge in [-0.25, -0.2) is 4.98 Å². The van der Waals surface area contributed by atoms with Crippen LogP contribution in [0.1, 0.15) is 29.2 Å². The minimum atomic E-state index is -0.115. The van der Waals surface area contributed by atoms with Crippen LogP contribution in [0.25, 0.3) is 0 Å². The minimum absolute atomic E-state index is 0.0439. The van der Waals surface area contributed by atoms with E-state index in [1.165, 1.54) is 11.3 Å². The summed E-state index contributed by atoms with van der Waals surface area (Å²) in [4.78, 5) is 18.3. The van der Waals surface area contributed by atoms with Gasteiger partial charge in [0.2, 0.25) is 0 Å². The molecule has 0 bridgehead atoms. The van der Waals surface area contributed by atoms with Crippen LogP contribution >= 0.6 is 11.3 Å². The predicted molar refractivity (Wildman–Crippen MR) is 64.5 cm³/mol. The normalized spacial score (nSPS) is 10.8. The number of hydrogen-bond donors (Lipinski definition) is 2. The van der Waals surface area contributed by atoms with E-state index < -0.39 is 0 Å². The molecule has 0 fully saturated rings. The van der Waals surface area contributed by atoms with Gasteiger partial charge < -0.3 is 15.7 Å². The van der Waals surface area contributed by atoms with Crippen molar-refractivity contribution in [2.75, 3.05) is 18.9 Å². The number of nitrogens with zero attached hydrogens (tertiary/aromatic N) is 2. The Morgan fingerprint density at radius 2 is 2.25 bits per heavy atom. The van der Waals surface area contributed by atoms with E-state index in [2.05, 4.69) is 4.98 Å². The van der Waals surface area contributed by atoms with Crippen molar-refractivity contribution >= 4 is 22.4 Å². The lowest BCUT2D eigenvalue weighted by Crippen LogP contribution is -2.38. The molecule has 1 aromatic heterocycles. The van der Waals surface area contributed by atoms with E-state index in [0.29, 0.717) is 22.2 Å². The highest BCUT2D eigenvalue weighted by Gasteiger charge is 2.22. The molecule has 0 radical (unpaired) electrons. The second-order valence-electron chi connectivity index (χ2n) is 3.78. The third kappa shape index (κ3) is 2.70. The first-order valence-electron chi connectivity index (χ1n) is 5.12. The lowest BCUT2D eigenvalue weighted by molar-refractivity contribution is 0.0669. The maximum atomic E-state index is 12.1. The van der Waals surface area contributed by atoms with Crippen molar-refractivity contribution in [1.82, 2.24) is 9.88 Å². The molecule has 0 saturated heterocycles. The lowest BCUT2D eigenvalue weighted by atomic mass is 10.2. The number of nitrogen functional groups attached to an aromatic ring is 1. The molecule has 90 valence electrons. The number of carbonyl (C=O) groups excluding carboxylic acids is 1. The van der Waals surface area contributed by atoms with Gasteiger partial charge in [0.15, 0.2) is 5.13 Å². The van der Waals surface area contributed by atoms with Crippen molar-refractivity contribution in [3.63, 3.8) is 0 Å². The number of amides is 1. The van der Waals surface area contributed by atoms with Crippen LogP contribution in [-0.2, 0) is 0 Å². The molecule has 0 aromatic carbocycles. The van der Waals surface area contributed by atoms with Crippen molar-refractivity contribution < 1.29 is 9.90 Å². The Hall–Kier alpha value is -1.14. The van der Waals surface area contributed by atoms with E-state index >= 15 is 0 Å².